The van der Waals surface area contributed by atoms with Gasteiger partial charge in [0, 0.05) is 6.04 Å². The number of amides is 1. The van der Waals surface area contributed by atoms with Gasteiger partial charge in [-0.3, -0.25) is 10.1 Å². The monoisotopic (exact) mass is 288 g/mol. The minimum atomic E-state index is -4.39. The Labute approximate surface area is 116 Å². The van der Waals surface area contributed by atoms with Crippen molar-refractivity contribution in [3.05, 3.63) is 35.4 Å². The van der Waals surface area contributed by atoms with Gasteiger partial charge < -0.3 is 5.32 Å². The van der Waals surface area contributed by atoms with Crippen molar-refractivity contribution in [2.75, 3.05) is 6.54 Å². The van der Waals surface area contributed by atoms with Crippen molar-refractivity contribution in [1.82, 2.24) is 10.6 Å². The van der Waals surface area contributed by atoms with E-state index in [2.05, 4.69) is 5.32 Å². The predicted molar refractivity (Wildman–Crippen MR) is 71.3 cm³/mol. The number of nitrogens with one attached hydrogen (secondary N) is 2. The van der Waals surface area contributed by atoms with Crippen LogP contribution in [0.2, 0.25) is 0 Å². The highest BCUT2D eigenvalue weighted by molar-refractivity contribution is 5.81. The van der Waals surface area contributed by atoms with Gasteiger partial charge in [0.05, 0.1) is 6.04 Å². The Hall–Kier alpha value is -1.56. The summed E-state index contributed by atoms with van der Waals surface area (Å²) in [7, 11) is 0. The van der Waals surface area contributed by atoms with Crippen LogP contribution in [0, 0.1) is 6.92 Å². The third kappa shape index (κ3) is 5.61. The van der Waals surface area contributed by atoms with Crippen molar-refractivity contribution < 1.29 is 18.0 Å². The second-order valence-corrected chi connectivity index (χ2v) is 4.85. The molecule has 0 aromatic heterocycles. The molecule has 112 valence electrons. The maximum Gasteiger partial charge on any atom is 0.405 e. The van der Waals surface area contributed by atoms with Crippen LogP contribution in [0.25, 0.3) is 0 Å². The lowest BCUT2D eigenvalue weighted by atomic mass is 10.1. The molecule has 1 amide bonds. The average molecular weight is 288 g/mol. The van der Waals surface area contributed by atoms with Crippen LogP contribution in [-0.2, 0) is 4.79 Å². The van der Waals surface area contributed by atoms with Crippen LogP contribution >= 0.6 is 0 Å². The molecule has 1 aromatic carbocycles. The van der Waals surface area contributed by atoms with E-state index in [4.69, 9.17) is 0 Å². The van der Waals surface area contributed by atoms with Gasteiger partial charge in [0.15, 0.2) is 0 Å². The normalized spacial score (nSPS) is 14.7. The number of hydrogen-bond donors (Lipinski definition) is 2. The summed E-state index contributed by atoms with van der Waals surface area (Å²) in [6, 6.07) is 6.92. The second-order valence-electron chi connectivity index (χ2n) is 4.85. The number of halogens is 3. The van der Waals surface area contributed by atoms with Crippen LogP contribution in [0.5, 0.6) is 0 Å². The molecule has 0 fully saturated rings. The van der Waals surface area contributed by atoms with Gasteiger partial charge in [-0.15, -0.1) is 0 Å². The fourth-order valence-corrected chi connectivity index (χ4v) is 1.74. The molecule has 0 aliphatic carbocycles. The van der Waals surface area contributed by atoms with Crippen LogP contribution < -0.4 is 10.6 Å². The van der Waals surface area contributed by atoms with Gasteiger partial charge >= 0.3 is 6.18 Å². The largest absolute Gasteiger partial charge is 0.405 e. The highest BCUT2D eigenvalue weighted by Gasteiger charge is 2.28. The van der Waals surface area contributed by atoms with Gasteiger partial charge in [0.25, 0.3) is 0 Å². The van der Waals surface area contributed by atoms with Gasteiger partial charge in [0.2, 0.25) is 5.91 Å². The molecule has 0 saturated carbocycles. The van der Waals surface area contributed by atoms with E-state index >= 15 is 0 Å². The lowest BCUT2D eigenvalue weighted by molar-refractivity contribution is -0.139. The maximum atomic E-state index is 12.0. The molecule has 1 rings (SSSR count). The summed E-state index contributed by atoms with van der Waals surface area (Å²) in [6.07, 6.45) is -4.39. The molecule has 0 radical (unpaired) electrons. The van der Waals surface area contributed by atoms with E-state index in [9.17, 15) is 18.0 Å². The zero-order valence-electron chi connectivity index (χ0n) is 11.7. The summed E-state index contributed by atoms with van der Waals surface area (Å²) in [6.45, 7) is 4.06. The Morgan fingerprint density at radius 3 is 2.25 bits per heavy atom. The van der Waals surface area contributed by atoms with Gasteiger partial charge in [-0.25, -0.2) is 0 Å². The van der Waals surface area contributed by atoms with Crippen molar-refractivity contribution in [3.8, 4) is 0 Å². The zero-order valence-corrected chi connectivity index (χ0v) is 11.7. The third-order valence-corrected chi connectivity index (χ3v) is 2.93. The number of alkyl halides is 3. The Morgan fingerprint density at radius 1 is 1.20 bits per heavy atom. The van der Waals surface area contributed by atoms with Crippen LogP contribution in [0.4, 0.5) is 13.2 Å². The van der Waals surface area contributed by atoms with Crippen molar-refractivity contribution in [2.45, 2.75) is 39.0 Å². The van der Waals surface area contributed by atoms with E-state index in [1.807, 2.05) is 43.4 Å². The smallest absolute Gasteiger partial charge is 0.346 e. The van der Waals surface area contributed by atoms with E-state index in [1.165, 1.54) is 6.92 Å². The molecule has 2 N–H and O–H groups in total. The molecule has 1 aromatic rings. The minimum absolute atomic E-state index is 0.123. The number of carbonyl (C=O) groups excluding carboxylic acids is 1. The molecular formula is C14H19F3N2O. The van der Waals surface area contributed by atoms with Crippen LogP contribution in [0.1, 0.15) is 31.0 Å². The molecule has 0 aliphatic rings. The summed E-state index contributed by atoms with van der Waals surface area (Å²) < 4.78 is 36.0. The van der Waals surface area contributed by atoms with E-state index < -0.39 is 24.7 Å². The highest BCUT2D eigenvalue weighted by atomic mass is 19.4. The fourth-order valence-electron chi connectivity index (χ4n) is 1.74. The highest BCUT2D eigenvalue weighted by Crippen LogP contribution is 2.14. The molecule has 0 heterocycles. The second kappa shape index (κ2) is 6.74. The SMILES string of the molecule is Cc1ccc([C@@H](C)NC(C)C(=O)NCC(F)(F)F)cc1. The first-order valence-electron chi connectivity index (χ1n) is 6.36. The van der Waals surface area contributed by atoms with Gasteiger partial charge in [-0.05, 0) is 26.3 Å². The molecule has 0 bridgehead atoms. The average Bonchev–Trinajstić information content (AvgIpc) is 2.35. The van der Waals surface area contributed by atoms with Crippen molar-refractivity contribution in [3.63, 3.8) is 0 Å². The molecule has 3 nitrogen and oxygen atoms in total. The molecule has 0 saturated heterocycles. The Bertz CT molecular complexity index is 443. The fraction of sp³-hybridized carbons (Fsp3) is 0.500. The van der Waals surface area contributed by atoms with Crippen LogP contribution in [-0.4, -0.2) is 24.7 Å². The number of aryl methyl sites for hydroxylation is 1. The Kier molecular flexibility index (Phi) is 5.56. The first kappa shape index (κ1) is 16.5. The van der Waals surface area contributed by atoms with E-state index in [-0.39, 0.29) is 6.04 Å². The molecule has 6 heteroatoms. The van der Waals surface area contributed by atoms with Gasteiger partial charge in [0.1, 0.15) is 6.54 Å². The maximum absolute atomic E-state index is 12.0. The van der Waals surface area contributed by atoms with Crippen molar-refractivity contribution in [1.29, 1.82) is 0 Å². The van der Waals surface area contributed by atoms with Gasteiger partial charge in [-0.2, -0.15) is 13.2 Å². The summed E-state index contributed by atoms with van der Waals surface area (Å²) in [5.74, 6) is -0.665. The molecular weight excluding hydrogens is 269 g/mol. The molecule has 20 heavy (non-hydrogen) atoms. The zero-order chi connectivity index (χ0) is 15.3. The van der Waals surface area contributed by atoms with E-state index in [0.717, 1.165) is 11.1 Å². The number of hydrogen-bond acceptors (Lipinski definition) is 2. The first-order chi connectivity index (χ1) is 9.19. The first-order valence-corrected chi connectivity index (χ1v) is 6.36. The van der Waals surface area contributed by atoms with E-state index in [1.54, 1.807) is 0 Å². The standard InChI is InChI=1S/C14H19F3N2O/c1-9-4-6-12(7-5-9)10(2)19-11(3)13(20)18-8-14(15,16)17/h4-7,10-11,19H,8H2,1-3H3,(H,18,20)/t10-,11?/m1/s1. The number of carbonyl (C=O) groups is 1. The van der Waals surface area contributed by atoms with E-state index in [0.29, 0.717) is 0 Å². The van der Waals surface area contributed by atoms with Crippen molar-refractivity contribution in [2.24, 2.45) is 0 Å². The molecule has 2 atom stereocenters. The van der Waals surface area contributed by atoms with Crippen molar-refractivity contribution >= 4 is 5.91 Å². The minimum Gasteiger partial charge on any atom is -0.346 e. The molecule has 0 aliphatic heterocycles. The number of benzene rings is 1. The summed E-state index contributed by atoms with van der Waals surface area (Å²) in [5.41, 5.74) is 2.10. The molecule has 1 unspecified atom stereocenters. The Morgan fingerprint density at radius 2 is 1.75 bits per heavy atom. The summed E-state index contributed by atoms with van der Waals surface area (Å²) in [4.78, 5) is 11.5. The van der Waals surface area contributed by atoms with Gasteiger partial charge in [-0.1, -0.05) is 29.8 Å². The lowest BCUT2D eigenvalue weighted by Crippen LogP contribution is -2.45. The molecule has 0 spiro atoms. The number of rotatable bonds is 5. The third-order valence-electron chi connectivity index (χ3n) is 2.93. The predicted octanol–water partition coefficient (Wildman–Crippen LogP) is 2.71. The summed E-state index contributed by atoms with van der Waals surface area (Å²) in [5, 5.41) is 4.83. The quantitative estimate of drug-likeness (QED) is 0.874. The summed E-state index contributed by atoms with van der Waals surface area (Å²) >= 11 is 0. The lowest BCUT2D eigenvalue weighted by Gasteiger charge is -2.20. The topological polar surface area (TPSA) is 41.1 Å². The van der Waals surface area contributed by atoms with Crippen LogP contribution in [0.15, 0.2) is 24.3 Å². The van der Waals surface area contributed by atoms with Crippen LogP contribution in [0.3, 0.4) is 0 Å². The Balaban J connectivity index is 2.50.